The molecule has 22 heavy (non-hydrogen) atoms. The molecule has 0 bridgehead atoms. The molecule has 0 atom stereocenters. The van der Waals surface area contributed by atoms with E-state index in [9.17, 15) is 0 Å². The molecular formula is C14H14N4O4. The van der Waals surface area contributed by atoms with Gasteiger partial charge in [0.1, 0.15) is 0 Å². The van der Waals surface area contributed by atoms with Crippen LogP contribution in [-0.2, 0) is 20.7 Å². The molecule has 0 aromatic carbocycles. The van der Waals surface area contributed by atoms with E-state index in [-0.39, 0.29) is 12.7 Å². The van der Waals surface area contributed by atoms with Crippen molar-refractivity contribution in [3.05, 3.63) is 24.2 Å². The Morgan fingerprint density at radius 1 is 1.14 bits per heavy atom. The minimum atomic E-state index is 0.143. The van der Waals surface area contributed by atoms with E-state index in [1.807, 2.05) is 35.5 Å². The van der Waals surface area contributed by atoms with Crippen molar-refractivity contribution in [1.82, 2.24) is 19.1 Å². The van der Waals surface area contributed by atoms with E-state index in [1.54, 1.807) is 13.2 Å². The highest BCUT2D eigenvalue weighted by atomic mass is 16.6. The van der Waals surface area contributed by atoms with E-state index in [0.29, 0.717) is 28.6 Å². The van der Waals surface area contributed by atoms with Crippen LogP contribution in [0.2, 0.25) is 0 Å². The van der Waals surface area contributed by atoms with Crippen LogP contribution in [0.25, 0.3) is 22.5 Å². The minimum absolute atomic E-state index is 0.143. The van der Waals surface area contributed by atoms with Crippen molar-refractivity contribution in [3.63, 3.8) is 0 Å². The number of fused-ring (bicyclic) bond motifs is 2. The Balaban J connectivity index is 1.55. The summed E-state index contributed by atoms with van der Waals surface area (Å²) < 4.78 is 25.5. The van der Waals surface area contributed by atoms with Crippen molar-refractivity contribution < 1.29 is 18.3 Å². The lowest BCUT2D eigenvalue weighted by Gasteiger charge is -1.99. The van der Waals surface area contributed by atoms with Gasteiger partial charge >= 0.3 is 6.08 Å². The molecule has 114 valence electrons. The smallest absolute Gasteiger partial charge is 0.396 e. The Labute approximate surface area is 124 Å². The quantitative estimate of drug-likeness (QED) is 0.575. The SMILES string of the molecule is COc1cc2oc(COc3nc4c(ccn4C)o3)nc2n1C. The van der Waals surface area contributed by atoms with Crippen LogP contribution in [-0.4, -0.2) is 26.2 Å². The number of nitrogens with zero attached hydrogens (tertiary/aromatic N) is 4. The largest absolute Gasteiger partial charge is 0.482 e. The summed E-state index contributed by atoms with van der Waals surface area (Å²) in [6, 6.07) is 3.62. The topological polar surface area (TPSA) is 80.4 Å². The van der Waals surface area contributed by atoms with Crippen LogP contribution in [0.5, 0.6) is 12.0 Å². The van der Waals surface area contributed by atoms with Crippen molar-refractivity contribution in [2.45, 2.75) is 6.61 Å². The number of hydrogen-bond donors (Lipinski definition) is 0. The van der Waals surface area contributed by atoms with Crippen LogP contribution in [0.1, 0.15) is 5.89 Å². The molecule has 0 N–H and O–H groups in total. The zero-order chi connectivity index (χ0) is 15.3. The summed E-state index contributed by atoms with van der Waals surface area (Å²) in [5.74, 6) is 1.14. The first-order valence-corrected chi connectivity index (χ1v) is 6.69. The maximum absolute atomic E-state index is 5.62. The van der Waals surface area contributed by atoms with Crippen LogP contribution in [0, 0.1) is 0 Å². The van der Waals surface area contributed by atoms with Crippen LogP contribution < -0.4 is 9.47 Å². The molecule has 0 saturated carbocycles. The minimum Gasteiger partial charge on any atom is -0.482 e. The molecule has 4 aromatic rings. The fourth-order valence-electron chi connectivity index (χ4n) is 2.37. The summed E-state index contributed by atoms with van der Waals surface area (Å²) in [6.07, 6.45) is 2.07. The molecule has 0 unspecified atom stereocenters. The Bertz CT molecular complexity index is 959. The predicted octanol–water partition coefficient (Wildman–Crippen LogP) is 2.23. The van der Waals surface area contributed by atoms with Gasteiger partial charge in [-0.15, -0.1) is 0 Å². The highest BCUT2D eigenvalue weighted by Crippen LogP contribution is 2.25. The molecule has 0 saturated heterocycles. The fourth-order valence-corrected chi connectivity index (χ4v) is 2.37. The van der Waals surface area contributed by atoms with Crippen LogP contribution >= 0.6 is 0 Å². The molecule has 0 spiro atoms. The molecular weight excluding hydrogens is 288 g/mol. The summed E-state index contributed by atoms with van der Waals surface area (Å²) in [5.41, 5.74) is 2.76. The lowest BCUT2D eigenvalue weighted by molar-refractivity contribution is 0.203. The highest BCUT2D eigenvalue weighted by Gasteiger charge is 2.15. The summed E-state index contributed by atoms with van der Waals surface area (Å²) in [4.78, 5) is 8.62. The lowest BCUT2D eigenvalue weighted by atomic mass is 10.6. The average molecular weight is 302 g/mol. The van der Waals surface area contributed by atoms with Gasteiger partial charge in [-0.05, 0) is 0 Å². The first kappa shape index (κ1) is 12.8. The Morgan fingerprint density at radius 2 is 2.00 bits per heavy atom. The van der Waals surface area contributed by atoms with Crippen molar-refractivity contribution in [2.24, 2.45) is 14.1 Å². The molecule has 8 heteroatoms. The van der Waals surface area contributed by atoms with Gasteiger partial charge in [-0.1, -0.05) is 0 Å². The van der Waals surface area contributed by atoms with E-state index < -0.39 is 0 Å². The normalized spacial score (nSPS) is 11.6. The molecule has 0 aliphatic carbocycles. The van der Waals surface area contributed by atoms with Crippen molar-refractivity contribution in [3.8, 4) is 12.0 Å². The molecule has 8 nitrogen and oxygen atoms in total. The molecule has 4 aromatic heterocycles. The lowest BCUT2D eigenvalue weighted by Crippen LogP contribution is -1.98. The first-order chi connectivity index (χ1) is 10.7. The van der Waals surface area contributed by atoms with Gasteiger partial charge in [-0.25, -0.2) is 0 Å². The van der Waals surface area contributed by atoms with Gasteiger partial charge in [0.25, 0.3) is 0 Å². The van der Waals surface area contributed by atoms with Gasteiger partial charge in [0.15, 0.2) is 34.9 Å². The molecule has 4 rings (SSSR count). The van der Waals surface area contributed by atoms with Crippen LogP contribution in [0.15, 0.2) is 27.2 Å². The number of methoxy groups -OCH3 is 1. The van der Waals surface area contributed by atoms with E-state index in [4.69, 9.17) is 18.3 Å². The van der Waals surface area contributed by atoms with Crippen molar-refractivity contribution >= 4 is 22.5 Å². The summed E-state index contributed by atoms with van der Waals surface area (Å²) in [7, 11) is 5.35. The van der Waals surface area contributed by atoms with E-state index >= 15 is 0 Å². The van der Waals surface area contributed by atoms with Gasteiger partial charge in [0.05, 0.1) is 7.11 Å². The van der Waals surface area contributed by atoms with Gasteiger partial charge in [-0.2, -0.15) is 9.97 Å². The third-order valence-electron chi connectivity index (χ3n) is 3.51. The van der Waals surface area contributed by atoms with Gasteiger partial charge < -0.3 is 22.9 Å². The maximum Gasteiger partial charge on any atom is 0.396 e. The zero-order valence-corrected chi connectivity index (χ0v) is 12.4. The predicted molar refractivity (Wildman–Crippen MR) is 76.8 cm³/mol. The standard InChI is InChI=1S/C14H14N4O4/c1-17-5-4-8-12(17)16-14(22-8)20-7-10-15-13-9(21-10)6-11(19-3)18(13)2/h4-6H,7H2,1-3H3. The average Bonchev–Trinajstić information content (AvgIpc) is 3.22. The van der Waals surface area contributed by atoms with Crippen molar-refractivity contribution in [2.75, 3.05) is 7.11 Å². The van der Waals surface area contributed by atoms with Gasteiger partial charge in [-0.3, -0.25) is 4.57 Å². The third-order valence-corrected chi connectivity index (χ3v) is 3.51. The molecule has 0 fully saturated rings. The third kappa shape index (κ3) is 1.84. The number of hydrogen-bond acceptors (Lipinski definition) is 6. The van der Waals surface area contributed by atoms with E-state index in [0.717, 1.165) is 5.65 Å². The Hall–Kier alpha value is -2.90. The molecule has 0 aliphatic heterocycles. The van der Waals surface area contributed by atoms with Gasteiger partial charge in [0, 0.05) is 32.4 Å². The van der Waals surface area contributed by atoms with Crippen LogP contribution in [0.4, 0.5) is 0 Å². The van der Waals surface area contributed by atoms with Crippen molar-refractivity contribution in [1.29, 1.82) is 0 Å². The number of aryl methyl sites for hydroxylation is 2. The number of oxazole rings is 2. The maximum atomic E-state index is 5.62. The zero-order valence-electron chi connectivity index (χ0n) is 12.4. The highest BCUT2D eigenvalue weighted by molar-refractivity contribution is 5.72. The first-order valence-electron chi connectivity index (χ1n) is 6.69. The number of aromatic nitrogens is 4. The molecule has 4 heterocycles. The second-order valence-electron chi connectivity index (χ2n) is 4.92. The molecule has 0 aliphatic rings. The molecule has 0 amide bonds. The van der Waals surface area contributed by atoms with Gasteiger partial charge in [0.2, 0.25) is 5.89 Å². The Kier molecular flexibility index (Phi) is 2.65. The van der Waals surface area contributed by atoms with E-state index in [2.05, 4.69) is 9.97 Å². The van der Waals surface area contributed by atoms with Crippen LogP contribution in [0.3, 0.4) is 0 Å². The summed E-state index contributed by atoms with van der Waals surface area (Å²) >= 11 is 0. The summed E-state index contributed by atoms with van der Waals surface area (Å²) in [6.45, 7) is 0.143. The number of ether oxygens (including phenoxy) is 2. The van der Waals surface area contributed by atoms with E-state index in [1.165, 1.54) is 0 Å². The second-order valence-corrected chi connectivity index (χ2v) is 4.92. The summed E-state index contributed by atoms with van der Waals surface area (Å²) in [5, 5.41) is 0. The Morgan fingerprint density at radius 3 is 2.73 bits per heavy atom. The fraction of sp³-hybridized carbons (Fsp3) is 0.286. The molecule has 0 radical (unpaired) electrons. The number of rotatable bonds is 4. The second kappa shape index (κ2) is 4.55. The monoisotopic (exact) mass is 302 g/mol.